The summed E-state index contributed by atoms with van der Waals surface area (Å²) < 4.78 is 5.46. The van der Waals surface area contributed by atoms with E-state index in [-0.39, 0.29) is 24.0 Å². The van der Waals surface area contributed by atoms with Gasteiger partial charge in [-0.2, -0.15) is 0 Å². The van der Waals surface area contributed by atoms with E-state index in [0.717, 1.165) is 11.3 Å². The van der Waals surface area contributed by atoms with Crippen molar-refractivity contribution >= 4 is 5.91 Å². The Morgan fingerprint density at radius 1 is 1.40 bits per heavy atom. The van der Waals surface area contributed by atoms with E-state index in [9.17, 15) is 4.79 Å². The van der Waals surface area contributed by atoms with Crippen molar-refractivity contribution in [2.24, 2.45) is 5.92 Å². The van der Waals surface area contributed by atoms with E-state index in [1.165, 1.54) is 0 Å². The molecule has 1 aliphatic heterocycles. The van der Waals surface area contributed by atoms with Crippen LogP contribution in [0.4, 0.5) is 0 Å². The lowest BCUT2D eigenvalue weighted by Crippen LogP contribution is -2.33. The van der Waals surface area contributed by atoms with Crippen LogP contribution in [0.5, 0.6) is 5.75 Å². The van der Waals surface area contributed by atoms with Gasteiger partial charge in [-0.3, -0.25) is 10.1 Å². The number of hydrogen-bond donors (Lipinski definition) is 1. The van der Waals surface area contributed by atoms with Crippen molar-refractivity contribution in [3.63, 3.8) is 0 Å². The van der Waals surface area contributed by atoms with E-state index < -0.39 is 0 Å². The van der Waals surface area contributed by atoms with Gasteiger partial charge in [0.05, 0.1) is 6.04 Å². The second kappa shape index (κ2) is 6.09. The molecule has 2 rings (SSSR count). The first-order valence-corrected chi connectivity index (χ1v) is 6.91. The highest BCUT2D eigenvalue weighted by atomic mass is 16.5. The SMILES string of the molecule is C=CCOc1ccc(C2NC(C(C)C)C(=O)N2C)cc1. The lowest BCUT2D eigenvalue weighted by Gasteiger charge is -2.20. The van der Waals surface area contributed by atoms with Gasteiger partial charge >= 0.3 is 0 Å². The van der Waals surface area contributed by atoms with Crippen molar-refractivity contribution < 1.29 is 9.53 Å². The zero-order valence-electron chi connectivity index (χ0n) is 12.3. The van der Waals surface area contributed by atoms with Crippen LogP contribution in [0, 0.1) is 5.92 Å². The van der Waals surface area contributed by atoms with E-state index in [4.69, 9.17) is 4.74 Å². The van der Waals surface area contributed by atoms with E-state index in [1.54, 1.807) is 11.0 Å². The summed E-state index contributed by atoms with van der Waals surface area (Å²) in [7, 11) is 1.84. The third kappa shape index (κ3) is 2.85. The van der Waals surface area contributed by atoms with Crippen LogP contribution in [0.1, 0.15) is 25.6 Å². The third-order valence-electron chi connectivity index (χ3n) is 3.57. The molecule has 1 heterocycles. The molecule has 2 atom stereocenters. The monoisotopic (exact) mass is 274 g/mol. The highest BCUT2D eigenvalue weighted by molar-refractivity contribution is 5.84. The summed E-state index contributed by atoms with van der Waals surface area (Å²) in [6, 6.07) is 7.70. The molecule has 1 amide bonds. The van der Waals surface area contributed by atoms with Crippen molar-refractivity contribution in [2.75, 3.05) is 13.7 Å². The van der Waals surface area contributed by atoms with Crippen molar-refractivity contribution in [1.82, 2.24) is 10.2 Å². The fraction of sp³-hybridized carbons (Fsp3) is 0.438. The summed E-state index contributed by atoms with van der Waals surface area (Å²) in [6.45, 7) is 8.22. The first-order chi connectivity index (χ1) is 9.54. The van der Waals surface area contributed by atoms with Crippen LogP contribution in [0.25, 0.3) is 0 Å². The Hall–Kier alpha value is -1.81. The van der Waals surface area contributed by atoms with E-state index in [2.05, 4.69) is 25.7 Å². The largest absolute Gasteiger partial charge is 0.490 e. The van der Waals surface area contributed by atoms with Crippen LogP contribution >= 0.6 is 0 Å². The Bertz CT molecular complexity index is 482. The molecular weight excluding hydrogens is 252 g/mol. The van der Waals surface area contributed by atoms with Gasteiger partial charge in [-0.15, -0.1) is 0 Å². The average Bonchev–Trinajstić information content (AvgIpc) is 2.74. The molecule has 108 valence electrons. The molecule has 1 aromatic rings. The molecule has 4 nitrogen and oxygen atoms in total. The van der Waals surface area contributed by atoms with Crippen molar-refractivity contribution in [1.29, 1.82) is 0 Å². The zero-order valence-corrected chi connectivity index (χ0v) is 12.3. The predicted molar refractivity (Wildman–Crippen MR) is 79.4 cm³/mol. The van der Waals surface area contributed by atoms with Gasteiger partial charge in [0.1, 0.15) is 18.5 Å². The van der Waals surface area contributed by atoms with Crippen LogP contribution < -0.4 is 10.1 Å². The summed E-state index contributed by atoms with van der Waals surface area (Å²) in [5.41, 5.74) is 1.06. The first kappa shape index (κ1) is 14.6. The summed E-state index contributed by atoms with van der Waals surface area (Å²) in [6.07, 6.45) is 1.65. The highest BCUT2D eigenvalue weighted by Crippen LogP contribution is 2.27. The number of hydrogen-bond acceptors (Lipinski definition) is 3. The first-order valence-electron chi connectivity index (χ1n) is 6.91. The Balaban J connectivity index is 2.11. The van der Waals surface area contributed by atoms with E-state index in [0.29, 0.717) is 6.61 Å². The minimum atomic E-state index is -0.110. The summed E-state index contributed by atoms with van der Waals surface area (Å²) in [5.74, 6) is 1.24. The molecule has 20 heavy (non-hydrogen) atoms. The maximum atomic E-state index is 12.2. The van der Waals surface area contributed by atoms with E-state index >= 15 is 0 Å². The van der Waals surface area contributed by atoms with Gasteiger partial charge in [0.15, 0.2) is 0 Å². The fourth-order valence-electron chi connectivity index (χ4n) is 2.40. The van der Waals surface area contributed by atoms with Crippen LogP contribution in [-0.4, -0.2) is 30.5 Å². The molecule has 0 spiro atoms. The average molecular weight is 274 g/mol. The normalized spacial score (nSPS) is 22.4. The number of benzene rings is 1. The molecule has 0 aliphatic carbocycles. The van der Waals surface area contributed by atoms with Crippen molar-refractivity contribution in [3.05, 3.63) is 42.5 Å². The number of ether oxygens (including phenoxy) is 1. The van der Waals surface area contributed by atoms with Gasteiger partial charge in [0, 0.05) is 7.05 Å². The molecule has 4 heteroatoms. The number of nitrogens with zero attached hydrogens (tertiary/aromatic N) is 1. The Morgan fingerprint density at radius 3 is 2.55 bits per heavy atom. The third-order valence-corrected chi connectivity index (χ3v) is 3.57. The van der Waals surface area contributed by atoms with Gasteiger partial charge in [-0.25, -0.2) is 0 Å². The summed E-state index contributed by atoms with van der Waals surface area (Å²) in [4.78, 5) is 13.9. The number of nitrogens with one attached hydrogen (secondary N) is 1. The number of carbonyl (C=O) groups is 1. The van der Waals surface area contributed by atoms with Crippen LogP contribution in [0.2, 0.25) is 0 Å². The van der Waals surface area contributed by atoms with Crippen LogP contribution in [0.15, 0.2) is 36.9 Å². The summed E-state index contributed by atoms with van der Waals surface area (Å²) >= 11 is 0. The number of likely N-dealkylation sites (N-methyl/N-ethyl adjacent to an activating group) is 1. The molecule has 1 aromatic carbocycles. The van der Waals surface area contributed by atoms with Crippen LogP contribution in [-0.2, 0) is 4.79 Å². The highest BCUT2D eigenvalue weighted by Gasteiger charge is 2.38. The molecule has 0 bridgehead atoms. The molecular formula is C16H22N2O2. The number of amides is 1. The Morgan fingerprint density at radius 2 is 2.05 bits per heavy atom. The lowest BCUT2D eigenvalue weighted by atomic mass is 10.1. The molecule has 1 N–H and O–H groups in total. The van der Waals surface area contributed by atoms with Gasteiger partial charge in [-0.05, 0) is 23.6 Å². The maximum Gasteiger partial charge on any atom is 0.241 e. The minimum absolute atomic E-state index is 0.0663. The topological polar surface area (TPSA) is 41.6 Å². The predicted octanol–water partition coefficient (Wildman–Crippen LogP) is 2.34. The molecule has 2 unspecified atom stereocenters. The van der Waals surface area contributed by atoms with Crippen LogP contribution in [0.3, 0.4) is 0 Å². The number of rotatable bonds is 5. The Kier molecular flexibility index (Phi) is 4.45. The van der Waals surface area contributed by atoms with Crippen molar-refractivity contribution in [2.45, 2.75) is 26.1 Å². The Labute approximate surface area is 120 Å². The molecule has 1 saturated heterocycles. The summed E-state index contributed by atoms with van der Waals surface area (Å²) in [5, 5.41) is 3.39. The molecule has 1 aliphatic rings. The maximum absolute atomic E-state index is 12.2. The molecule has 0 aromatic heterocycles. The van der Waals surface area contributed by atoms with Gasteiger partial charge in [0.25, 0.3) is 0 Å². The lowest BCUT2D eigenvalue weighted by molar-refractivity contribution is -0.129. The molecule has 0 saturated carbocycles. The molecule has 0 radical (unpaired) electrons. The van der Waals surface area contributed by atoms with Gasteiger partial charge in [0.2, 0.25) is 5.91 Å². The second-order valence-electron chi connectivity index (χ2n) is 5.41. The fourth-order valence-corrected chi connectivity index (χ4v) is 2.40. The standard InChI is InChI=1S/C16H22N2O2/c1-5-10-20-13-8-6-12(7-9-13)15-17-14(11(2)3)16(19)18(15)4/h5-9,11,14-15,17H,1,10H2,2-4H3. The second-order valence-corrected chi connectivity index (χ2v) is 5.41. The van der Waals surface area contributed by atoms with E-state index in [1.807, 2.05) is 31.3 Å². The van der Waals surface area contributed by atoms with Gasteiger partial charge in [-0.1, -0.05) is 38.6 Å². The smallest absolute Gasteiger partial charge is 0.241 e. The van der Waals surface area contributed by atoms with Gasteiger partial charge < -0.3 is 9.64 Å². The zero-order chi connectivity index (χ0) is 14.7. The molecule has 1 fully saturated rings. The minimum Gasteiger partial charge on any atom is -0.490 e. The quantitative estimate of drug-likeness (QED) is 0.838. The van der Waals surface area contributed by atoms with Crippen molar-refractivity contribution in [3.8, 4) is 5.75 Å². The number of carbonyl (C=O) groups excluding carboxylic acids is 1.